The first-order valence-corrected chi connectivity index (χ1v) is 6.19. The average molecular weight is 212 g/mol. The summed E-state index contributed by atoms with van der Waals surface area (Å²) >= 11 is 0. The highest BCUT2D eigenvalue weighted by Crippen LogP contribution is 2.52. The molecule has 0 spiro atoms. The molecule has 0 aromatic heterocycles. The topological polar surface area (TPSA) is 29.5 Å². The fourth-order valence-corrected chi connectivity index (χ4v) is 3.72. The lowest BCUT2D eigenvalue weighted by Gasteiger charge is -2.39. The molecule has 1 unspecified atom stereocenters. The molecule has 2 heteroatoms. The molecule has 88 valence electrons. The average Bonchev–Trinajstić information content (AvgIpc) is 2.55. The summed E-state index contributed by atoms with van der Waals surface area (Å²) < 4.78 is 6.01. The van der Waals surface area contributed by atoms with E-state index in [2.05, 4.69) is 13.8 Å². The molecule has 2 nitrogen and oxygen atoms in total. The fourth-order valence-electron chi connectivity index (χ4n) is 3.72. The van der Waals surface area contributed by atoms with Crippen molar-refractivity contribution in [2.45, 2.75) is 76.6 Å². The Kier molecular flexibility index (Phi) is 2.44. The van der Waals surface area contributed by atoms with Gasteiger partial charge >= 0.3 is 0 Å². The zero-order valence-corrected chi connectivity index (χ0v) is 10.5. The van der Waals surface area contributed by atoms with Crippen molar-refractivity contribution < 1.29 is 9.84 Å². The summed E-state index contributed by atoms with van der Waals surface area (Å²) in [6.07, 6.45) is 5.64. The largest absolute Gasteiger partial charge is 0.386 e. The molecule has 2 rings (SSSR count). The van der Waals surface area contributed by atoms with Gasteiger partial charge in [0.2, 0.25) is 0 Å². The Morgan fingerprint density at radius 2 is 1.60 bits per heavy atom. The van der Waals surface area contributed by atoms with Crippen molar-refractivity contribution in [2.24, 2.45) is 5.92 Å². The zero-order chi connectivity index (χ0) is 11.3. The van der Waals surface area contributed by atoms with E-state index in [0.29, 0.717) is 5.92 Å². The zero-order valence-electron chi connectivity index (χ0n) is 10.5. The molecule has 1 aliphatic carbocycles. The smallest absolute Gasteiger partial charge is 0.0986 e. The van der Waals surface area contributed by atoms with E-state index in [-0.39, 0.29) is 5.60 Å². The predicted molar refractivity (Wildman–Crippen MR) is 60.8 cm³/mol. The van der Waals surface area contributed by atoms with Crippen molar-refractivity contribution in [1.82, 2.24) is 0 Å². The van der Waals surface area contributed by atoms with Gasteiger partial charge in [-0.05, 0) is 46.5 Å². The van der Waals surface area contributed by atoms with Crippen molar-refractivity contribution in [3.05, 3.63) is 0 Å². The van der Waals surface area contributed by atoms with Crippen LogP contribution in [0.3, 0.4) is 0 Å². The minimum absolute atomic E-state index is 0.180. The Morgan fingerprint density at radius 1 is 1.07 bits per heavy atom. The number of ether oxygens (including phenoxy) is 1. The van der Waals surface area contributed by atoms with Crippen LogP contribution in [0.15, 0.2) is 0 Å². The summed E-state index contributed by atoms with van der Waals surface area (Å²) in [7, 11) is 0. The maximum Gasteiger partial charge on any atom is 0.0986 e. The van der Waals surface area contributed by atoms with Gasteiger partial charge in [-0.3, -0.25) is 0 Å². The second-order valence-electron chi connectivity index (χ2n) is 6.45. The van der Waals surface area contributed by atoms with Gasteiger partial charge in [0.15, 0.2) is 0 Å². The summed E-state index contributed by atoms with van der Waals surface area (Å²) in [6, 6.07) is 0. The van der Waals surface area contributed by atoms with Gasteiger partial charge < -0.3 is 9.84 Å². The van der Waals surface area contributed by atoms with Crippen LogP contribution >= 0.6 is 0 Å². The van der Waals surface area contributed by atoms with Crippen LogP contribution in [-0.4, -0.2) is 21.9 Å². The van der Waals surface area contributed by atoms with Crippen molar-refractivity contribution >= 4 is 0 Å². The van der Waals surface area contributed by atoms with Crippen LogP contribution < -0.4 is 0 Å². The number of hydrogen-bond acceptors (Lipinski definition) is 2. The Morgan fingerprint density at radius 3 is 2.00 bits per heavy atom. The van der Waals surface area contributed by atoms with E-state index in [1.54, 1.807) is 0 Å². The third kappa shape index (κ3) is 1.72. The summed E-state index contributed by atoms with van der Waals surface area (Å²) in [5, 5.41) is 10.9. The normalized spacial score (nSPS) is 39.8. The first kappa shape index (κ1) is 11.4. The van der Waals surface area contributed by atoms with Crippen LogP contribution in [0.5, 0.6) is 0 Å². The number of aliphatic hydroxyl groups is 1. The van der Waals surface area contributed by atoms with Gasteiger partial charge in [0.1, 0.15) is 0 Å². The molecule has 0 radical (unpaired) electrons. The third-order valence-electron chi connectivity index (χ3n) is 4.30. The Balaban J connectivity index is 2.26. The van der Waals surface area contributed by atoms with Gasteiger partial charge in [-0.25, -0.2) is 0 Å². The van der Waals surface area contributed by atoms with Crippen LogP contribution in [0.1, 0.15) is 59.8 Å². The minimum Gasteiger partial charge on any atom is -0.386 e. The standard InChI is InChI=1S/C13H24O2/c1-11(2)9-13(14,12(3,4)15-11)10-7-5-6-8-10/h10,14H,5-9H2,1-4H3. The Bertz CT molecular complexity index is 251. The van der Waals surface area contributed by atoms with E-state index in [4.69, 9.17) is 4.74 Å². The molecule has 15 heavy (non-hydrogen) atoms. The van der Waals surface area contributed by atoms with Crippen LogP contribution in [-0.2, 0) is 4.74 Å². The molecular weight excluding hydrogens is 188 g/mol. The van der Waals surface area contributed by atoms with Gasteiger partial charge in [0.25, 0.3) is 0 Å². The molecule has 1 N–H and O–H groups in total. The monoisotopic (exact) mass is 212 g/mol. The fraction of sp³-hybridized carbons (Fsp3) is 1.00. The first-order chi connectivity index (χ1) is 6.77. The molecule has 2 aliphatic rings. The van der Waals surface area contributed by atoms with E-state index < -0.39 is 11.2 Å². The van der Waals surface area contributed by atoms with Gasteiger partial charge in [-0.2, -0.15) is 0 Å². The molecule has 1 aliphatic heterocycles. The van der Waals surface area contributed by atoms with Gasteiger partial charge in [-0.15, -0.1) is 0 Å². The number of hydrogen-bond donors (Lipinski definition) is 1. The van der Waals surface area contributed by atoms with E-state index in [1.807, 2.05) is 13.8 Å². The lowest BCUT2D eigenvalue weighted by molar-refractivity contribution is -0.146. The summed E-state index contributed by atoms with van der Waals surface area (Å²) in [5.74, 6) is 0.439. The van der Waals surface area contributed by atoms with E-state index in [0.717, 1.165) is 6.42 Å². The van der Waals surface area contributed by atoms with Crippen molar-refractivity contribution in [3.63, 3.8) is 0 Å². The molecule has 1 saturated heterocycles. The van der Waals surface area contributed by atoms with Crippen LogP contribution in [0.2, 0.25) is 0 Å². The Hall–Kier alpha value is -0.0800. The summed E-state index contributed by atoms with van der Waals surface area (Å²) in [5.41, 5.74) is -1.20. The first-order valence-electron chi connectivity index (χ1n) is 6.19. The van der Waals surface area contributed by atoms with Crippen LogP contribution in [0.25, 0.3) is 0 Å². The van der Waals surface area contributed by atoms with E-state index in [1.165, 1.54) is 25.7 Å². The lowest BCUT2D eigenvalue weighted by Crippen LogP contribution is -2.51. The highest BCUT2D eigenvalue weighted by Gasteiger charge is 2.59. The summed E-state index contributed by atoms with van der Waals surface area (Å²) in [6.45, 7) is 8.25. The maximum absolute atomic E-state index is 10.9. The van der Waals surface area contributed by atoms with Crippen molar-refractivity contribution in [1.29, 1.82) is 0 Å². The molecule has 0 aromatic rings. The van der Waals surface area contributed by atoms with Gasteiger partial charge in [-0.1, -0.05) is 12.8 Å². The molecule has 1 heterocycles. The van der Waals surface area contributed by atoms with Crippen LogP contribution in [0.4, 0.5) is 0 Å². The molecule has 0 aromatic carbocycles. The molecule has 0 bridgehead atoms. The van der Waals surface area contributed by atoms with E-state index >= 15 is 0 Å². The molecular formula is C13H24O2. The highest BCUT2D eigenvalue weighted by molar-refractivity contribution is 5.09. The van der Waals surface area contributed by atoms with Gasteiger partial charge in [0, 0.05) is 6.42 Å². The molecule has 0 amide bonds. The van der Waals surface area contributed by atoms with Crippen molar-refractivity contribution in [2.75, 3.05) is 0 Å². The minimum atomic E-state index is -0.618. The highest BCUT2D eigenvalue weighted by atomic mass is 16.5. The van der Waals surface area contributed by atoms with E-state index in [9.17, 15) is 5.11 Å². The number of rotatable bonds is 1. The second kappa shape index (κ2) is 3.21. The van der Waals surface area contributed by atoms with Crippen molar-refractivity contribution in [3.8, 4) is 0 Å². The summed E-state index contributed by atoms with van der Waals surface area (Å²) in [4.78, 5) is 0. The predicted octanol–water partition coefficient (Wildman–Crippen LogP) is 2.89. The SMILES string of the molecule is CC1(C)CC(O)(C2CCCC2)C(C)(C)O1. The Labute approximate surface area is 93.0 Å². The molecule has 2 fully saturated rings. The third-order valence-corrected chi connectivity index (χ3v) is 4.30. The van der Waals surface area contributed by atoms with Crippen LogP contribution in [0, 0.1) is 5.92 Å². The lowest BCUT2D eigenvalue weighted by atomic mass is 9.72. The van der Waals surface area contributed by atoms with Gasteiger partial charge in [0.05, 0.1) is 16.8 Å². The molecule has 1 atom stereocenters. The maximum atomic E-state index is 10.9. The quantitative estimate of drug-likeness (QED) is 0.724. The molecule has 1 saturated carbocycles. The second-order valence-corrected chi connectivity index (χ2v) is 6.45.